The lowest BCUT2D eigenvalue weighted by Crippen LogP contribution is -2.25. The van der Waals surface area contributed by atoms with Gasteiger partial charge in [0.15, 0.2) is 11.4 Å². The van der Waals surface area contributed by atoms with Gasteiger partial charge < -0.3 is 20.1 Å². The molecule has 6 nitrogen and oxygen atoms in total. The molecule has 0 fully saturated rings. The second-order valence-corrected chi connectivity index (χ2v) is 6.17. The van der Waals surface area contributed by atoms with Crippen molar-refractivity contribution in [1.29, 1.82) is 0 Å². The third-order valence-corrected chi connectivity index (χ3v) is 3.85. The van der Waals surface area contributed by atoms with Gasteiger partial charge in [-0.3, -0.25) is 0 Å². The Morgan fingerprint density at radius 1 is 0.679 bits per heavy atom. The summed E-state index contributed by atoms with van der Waals surface area (Å²) in [5, 5.41) is 6.01. The maximum atomic E-state index is 12.6. The zero-order valence-corrected chi connectivity index (χ0v) is 16.7. The van der Waals surface area contributed by atoms with Crippen molar-refractivity contribution in [2.45, 2.75) is 27.7 Å². The summed E-state index contributed by atoms with van der Waals surface area (Å²) in [6.07, 6.45) is 0. The predicted octanol–water partition coefficient (Wildman–Crippen LogP) is 4.17. The van der Waals surface area contributed by atoms with E-state index in [-0.39, 0.29) is 24.6 Å². The first-order valence-corrected chi connectivity index (χ1v) is 9.20. The minimum Gasteiger partial charge on any atom is -0.461 e. The summed E-state index contributed by atoms with van der Waals surface area (Å²) in [4.78, 5) is 25.2. The van der Waals surface area contributed by atoms with Crippen molar-refractivity contribution in [3.05, 3.63) is 71.1 Å². The van der Waals surface area contributed by atoms with Crippen LogP contribution in [0.25, 0.3) is 0 Å². The molecule has 148 valence electrons. The molecular weight excluding hydrogens is 356 g/mol. The fourth-order valence-electron chi connectivity index (χ4n) is 2.40. The second-order valence-electron chi connectivity index (χ2n) is 6.17. The minimum absolute atomic E-state index is 0.00951. The molecule has 0 aliphatic carbocycles. The molecule has 6 heteroatoms. The molecule has 2 rings (SSSR count). The predicted molar refractivity (Wildman–Crippen MR) is 110 cm³/mol. The fourth-order valence-corrected chi connectivity index (χ4v) is 2.40. The van der Waals surface area contributed by atoms with Crippen LogP contribution in [0.5, 0.6) is 0 Å². The smallest absolute Gasteiger partial charge is 0.357 e. The number of rotatable bonds is 8. The summed E-state index contributed by atoms with van der Waals surface area (Å²) < 4.78 is 10.3. The molecule has 0 bridgehead atoms. The summed E-state index contributed by atoms with van der Waals surface area (Å²) in [7, 11) is 0. The van der Waals surface area contributed by atoms with Gasteiger partial charge in [-0.2, -0.15) is 0 Å². The number of carbonyl (C=O) groups is 2. The van der Waals surface area contributed by atoms with Gasteiger partial charge in [-0.15, -0.1) is 0 Å². The van der Waals surface area contributed by atoms with Gasteiger partial charge in [0.25, 0.3) is 0 Å². The van der Waals surface area contributed by atoms with Crippen LogP contribution in [0, 0.1) is 13.8 Å². The molecule has 0 spiro atoms. The molecule has 2 aromatic carbocycles. The van der Waals surface area contributed by atoms with E-state index in [4.69, 9.17) is 9.47 Å². The molecule has 28 heavy (non-hydrogen) atoms. The van der Waals surface area contributed by atoms with Crippen LogP contribution < -0.4 is 10.6 Å². The van der Waals surface area contributed by atoms with E-state index in [1.807, 2.05) is 62.4 Å². The summed E-state index contributed by atoms with van der Waals surface area (Å²) in [6.45, 7) is 7.71. The number of benzene rings is 2. The highest BCUT2D eigenvalue weighted by molar-refractivity contribution is 6.04. The van der Waals surface area contributed by atoms with Crippen LogP contribution in [0.1, 0.15) is 25.0 Å². The number of esters is 2. The molecule has 2 N–H and O–H groups in total. The van der Waals surface area contributed by atoms with Crippen molar-refractivity contribution in [2.24, 2.45) is 0 Å². The van der Waals surface area contributed by atoms with Crippen molar-refractivity contribution in [3.8, 4) is 0 Å². The Balaban J connectivity index is 2.49. The van der Waals surface area contributed by atoms with Crippen LogP contribution >= 0.6 is 0 Å². The van der Waals surface area contributed by atoms with Gasteiger partial charge in [0.1, 0.15) is 0 Å². The van der Waals surface area contributed by atoms with Gasteiger partial charge in [0, 0.05) is 11.4 Å². The molecule has 0 saturated carbocycles. The highest BCUT2D eigenvalue weighted by atomic mass is 16.5. The molecule has 0 aliphatic rings. The lowest BCUT2D eigenvalue weighted by atomic mass is 10.2. The monoisotopic (exact) mass is 382 g/mol. The second kappa shape index (κ2) is 10.2. The lowest BCUT2D eigenvalue weighted by Gasteiger charge is -2.17. The topological polar surface area (TPSA) is 76.7 Å². The maximum Gasteiger partial charge on any atom is 0.357 e. The number of anilines is 2. The van der Waals surface area contributed by atoms with Crippen LogP contribution in [-0.2, 0) is 19.1 Å². The number of hydrogen-bond donors (Lipinski definition) is 2. The summed E-state index contributed by atoms with van der Waals surface area (Å²) >= 11 is 0. The average molecular weight is 382 g/mol. The van der Waals surface area contributed by atoms with E-state index >= 15 is 0 Å². The first-order chi connectivity index (χ1) is 13.4. The van der Waals surface area contributed by atoms with E-state index < -0.39 is 11.9 Å². The van der Waals surface area contributed by atoms with Crippen LogP contribution in [0.2, 0.25) is 0 Å². The Morgan fingerprint density at radius 3 is 1.29 bits per heavy atom. The molecule has 0 atom stereocenters. The number of nitrogens with one attached hydrogen (secondary N) is 2. The van der Waals surface area contributed by atoms with E-state index in [2.05, 4.69) is 10.6 Å². The zero-order valence-electron chi connectivity index (χ0n) is 16.7. The van der Waals surface area contributed by atoms with Crippen molar-refractivity contribution in [1.82, 2.24) is 0 Å². The zero-order chi connectivity index (χ0) is 20.5. The van der Waals surface area contributed by atoms with Crippen molar-refractivity contribution < 1.29 is 19.1 Å². The Labute approximate surface area is 165 Å². The highest BCUT2D eigenvalue weighted by Crippen LogP contribution is 2.19. The van der Waals surface area contributed by atoms with Gasteiger partial charge in [-0.1, -0.05) is 35.4 Å². The van der Waals surface area contributed by atoms with Gasteiger partial charge in [-0.05, 0) is 52.0 Å². The standard InChI is InChI=1S/C22H26N2O4/c1-5-27-21(25)19(23-17-11-7-15(3)8-12-17)20(22(26)28-6-2)24-18-13-9-16(4)10-14-18/h7-14,23-24H,5-6H2,1-4H3/b20-19-. The van der Waals surface area contributed by atoms with E-state index in [1.165, 1.54) is 0 Å². The Bertz CT molecular complexity index is 768. The first-order valence-electron chi connectivity index (χ1n) is 9.20. The lowest BCUT2D eigenvalue weighted by molar-refractivity contribution is -0.141. The molecule has 0 amide bonds. The number of carbonyl (C=O) groups excluding carboxylic acids is 2. The van der Waals surface area contributed by atoms with Crippen molar-refractivity contribution in [2.75, 3.05) is 23.8 Å². The summed E-state index contributed by atoms with van der Waals surface area (Å²) in [6, 6.07) is 14.9. The van der Waals surface area contributed by atoms with Crippen LogP contribution in [0.4, 0.5) is 11.4 Å². The number of ether oxygens (including phenoxy) is 2. The van der Waals surface area contributed by atoms with Gasteiger partial charge in [-0.25, -0.2) is 9.59 Å². The summed E-state index contributed by atoms with van der Waals surface area (Å²) in [5.74, 6) is -1.29. The van der Waals surface area contributed by atoms with Gasteiger partial charge in [0.05, 0.1) is 13.2 Å². The largest absolute Gasteiger partial charge is 0.461 e. The number of aryl methyl sites for hydroxylation is 2. The molecule has 0 saturated heterocycles. The average Bonchev–Trinajstić information content (AvgIpc) is 2.68. The minimum atomic E-state index is -0.647. The molecular formula is C22H26N2O4. The van der Waals surface area contributed by atoms with E-state index in [0.29, 0.717) is 11.4 Å². The molecule has 0 aliphatic heterocycles. The van der Waals surface area contributed by atoms with Gasteiger partial charge in [0.2, 0.25) is 0 Å². The van der Waals surface area contributed by atoms with Crippen molar-refractivity contribution >= 4 is 23.3 Å². The Kier molecular flexibility index (Phi) is 7.63. The third kappa shape index (κ3) is 5.87. The maximum absolute atomic E-state index is 12.6. The molecule has 0 heterocycles. The SMILES string of the molecule is CCOC(=O)/C(Nc1ccc(C)cc1)=C(/Nc1ccc(C)cc1)C(=O)OCC. The first kappa shape index (κ1) is 21.0. The fraction of sp³-hybridized carbons (Fsp3) is 0.273. The van der Waals surface area contributed by atoms with E-state index in [9.17, 15) is 9.59 Å². The Morgan fingerprint density at radius 2 is 1.00 bits per heavy atom. The van der Waals surface area contributed by atoms with Crippen LogP contribution in [0.15, 0.2) is 59.9 Å². The Hall–Kier alpha value is -3.28. The third-order valence-electron chi connectivity index (χ3n) is 3.85. The van der Waals surface area contributed by atoms with E-state index in [0.717, 1.165) is 11.1 Å². The van der Waals surface area contributed by atoms with E-state index in [1.54, 1.807) is 13.8 Å². The molecule has 2 aromatic rings. The summed E-state index contributed by atoms with van der Waals surface area (Å²) in [5.41, 5.74) is 3.45. The quantitative estimate of drug-likeness (QED) is 0.527. The molecule has 0 unspecified atom stereocenters. The number of hydrogen-bond acceptors (Lipinski definition) is 6. The van der Waals surface area contributed by atoms with Gasteiger partial charge >= 0.3 is 11.9 Å². The molecule has 0 radical (unpaired) electrons. The molecule has 0 aromatic heterocycles. The van der Waals surface area contributed by atoms with Crippen LogP contribution in [0.3, 0.4) is 0 Å². The normalized spacial score (nSPS) is 11.3. The highest BCUT2D eigenvalue weighted by Gasteiger charge is 2.24. The van der Waals surface area contributed by atoms with Crippen LogP contribution in [-0.4, -0.2) is 25.2 Å². The van der Waals surface area contributed by atoms with Crippen molar-refractivity contribution in [3.63, 3.8) is 0 Å².